The Hall–Kier alpha value is -1.81. The zero-order valence-corrected chi connectivity index (χ0v) is 11.5. The number of hydrogen-bond donors (Lipinski definition) is 0. The first-order valence-corrected chi connectivity index (χ1v) is 7.04. The molecule has 4 nitrogen and oxygen atoms in total. The third kappa shape index (κ3) is 1.61. The molecule has 0 atom stereocenters. The van der Waals surface area contributed by atoms with Crippen molar-refractivity contribution in [1.29, 1.82) is 0 Å². The first kappa shape index (κ1) is 12.0. The van der Waals surface area contributed by atoms with Crippen LogP contribution in [-0.2, 0) is 4.74 Å². The summed E-state index contributed by atoms with van der Waals surface area (Å²) in [5, 5.41) is 1.02. The van der Waals surface area contributed by atoms with Gasteiger partial charge in [0.15, 0.2) is 5.76 Å². The number of furan rings is 1. The van der Waals surface area contributed by atoms with Crippen molar-refractivity contribution in [2.45, 2.75) is 13.3 Å². The molecular formula is C16H17NO3. The summed E-state index contributed by atoms with van der Waals surface area (Å²) >= 11 is 0. The molecule has 1 aromatic heterocycles. The van der Waals surface area contributed by atoms with E-state index in [1.807, 2.05) is 36.1 Å². The number of fused-ring (bicyclic) bond motifs is 1. The van der Waals surface area contributed by atoms with Gasteiger partial charge in [0.25, 0.3) is 5.91 Å². The van der Waals surface area contributed by atoms with E-state index < -0.39 is 0 Å². The number of rotatable bonds is 1. The topological polar surface area (TPSA) is 42.7 Å². The summed E-state index contributed by atoms with van der Waals surface area (Å²) in [5.41, 5.74) is 1.94. The normalized spacial score (nSPS) is 20.6. The molecular weight excluding hydrogens is 254 g/mol. The number of hydrogen-bond acceptors (Lipinski definition) is 3. The smallest absolute Gasteiger partial charge is 0.289 e. The number of likely N-dealkylation sites (tertiary alicyclic amines) is 1. The van der Waals surface area contributed by atoms with Crippen molar-refractivity contribution in [2.75, 3.05) is 26.3 Å². The molecule has 0 saturated carbocycles. The van der Waals surface area contributed by atoms with E-state index in [0.29, 0.717) is 5.76 Å². The Balaban J connectivity index is 1.60. The number of benzene rings is 1. The number of amides is 1. The summed E-state index contributed by atoms with van der Waals surface area (Å²) in [6, 6.07) is 7.79. The minimum absolute atomic E-state index is 0.0104. The van der Waals surface area contributed by atoms with E-state index in [-0.39, 0.29) is 11.3 Å². The number of ether oxygens (including phenoxy) is 1. The molecule has 2 aliphatic heterocycles. The molecule has 2 fully saturated rings. The van der Waals surface area contributed by atoms with Crippen molar-refractivity contribution in [3.8, 4) is 0 Å². The summed E-state index contributed by atoms with van der Waals surface area (Å²) in [7, 11) is 0. The first-order valence-electron chi connectivity index (χ1n) is 7.04. The van der Waals surface area contributed by atoms with Crippen molar-refractivity contribution in [1.82, 2.24) is 4.90 Å². The Morgan fingerprint density at radius 1 is 1.30 bits per heavy atom. The van der Waals surface area contributed by atoms with Gasteiger partial charge in [-0.2, -0.15) is 0 Å². The van der Waals surface area contributed by atoms with E-state index in [1.165, 1.54) is 0 Å². The molecule has 4 heteroatoms. The Labute approximate surface area is 117 Å². The standard InChI is InChI=1S/C16H17NO3/c1-11-12-4-2-3-5-13(12)20-14(11)15(18)17-8-16(9-17)6-7-19-10-16/h2-5H,6-10H2,1H3. The van der Waals surface area contributed by atoms with Gasteiger partial charge in [-0.05, 0) is 19.4 Å². The molecule has 20 heavy (non-hydrogen) atoms. The van der Waals surface area contributed by atoms with Gasteiger partial charge >= 0.3 is 0 Å². The molecule has 3 heterocycles. The van der Waals surface area contributed by atoms with Crippen LogP contribution in [0.25, 0.3) is 11.0 Å². The average Bonchev–Trinajstić information content (AvgIpc) is 3.02. The molecule has 1 spiro atoms. The molecule has 0 unspecified atom stereocenters. The van der Waals surface area contributed by atoms with Crippen LogP contribution in [0.1, 0.15) is 22.5 Å². The lowest BCUT2D eigenvalue weighted by Crippen LogP contribution is -2.58. The van der Waals surface area contributed by atoms with Crippen LogP contribution in [0.5, 0.6) is 0 Å². The second kappa shape index (κ2) is 4.09. The summed E-state index contributed by atoms with van der Waals surface area (Å²) in [6.07, 6.45) is 1.07. The quantitative estimate of drug-likeness (QED) is 0.800. The fourth-order valence-corrected chi connectivity index (χ4v) is 3.33. The van der Waals surface area contributed by atoms with Gasteiger partial charge in [-0.25, -0.2) is 0 Å². The number of aryl methyl sites for hydroxylation is 1. The molecule has 0 radical (unpaired) electrons. The summed E-state index contributed by atoms with van der Waals surface area (Å²) in [4.78, 5) is 14.4. The predicted molar refractivity (Wildman–Crippen MR) is 74.7 cm³/mol. The fraction of sp³-hybridized carbons (Fsp3) is 0.438. The zero-order valence-electron chi connectivity index (χ0n) is 11.5. The summed E-state index contributed by atoms with van der Waals surface area (Å²) in [5.74, 6) is 0.496. The van der Waals surface area contributed by atoms with Crippen LogP contribution in [0.2, 0.25) is 0 Å². The largest absolute Gasteiger partial charge is 0.451 e. The van der Waals surface area contributed by atoms with E-state index in [0.717, 1.165) is 49.3 Å². The third-order valence-electron chi connectivity index (χ3n) is 4.56. The highest BCUT2D eigenvalue weighted by Gasteiger charge is 2.48. The number of para-hydroxylation sites is 1. The molecule has 104 valence electrons. The zero-order chi connectivity index (χ0) is 13.7. The maximum absolute atomic E-state index is 12.5. The van der Waals surface area contributed by atoms with Gasteiger partial charge < -0.3 is 14.1 Å². The molecule has 2 aliphatic rings. The van der Waals surface area contributed by atoms with Crippen LogP contribution in [0.15, 0.2) is 28.7 Å². The predicted octanol–water partition coefficient (Wildman–Crippen LogP) is 2.60. The van der Waals surface area contributed by atoms with Crippen molar-refractivity contribution in [3.05, 3.63) is 35.6 Å². The van der Waals surface area contributed by atoms with E-state index in [9.17, 15) is 4.79 Å². The van der Waals surface area contributed by atoms with Crippen LogP contribution in [-0.4, -0.2) is 37.1 Å². The van der Waals surface area contributed by atoms with Crippen LogP contribution in [0, 0.1) is 12.3 Å². The first-order chi connectivity index (χ1) is 9.69. The molecule has 0 aliphatic carbocycles. The Bertz CT molecular complexity index is 674. The molecule has 2 saturated heterocycles. The van der Waals surface area contributed by atoms with E-state index in [1.54, 1.807) is 0 Å². The Morgan fingerprint density at radius 2 is 2.10 bits per heavy atom. The van der Waals surface area contributed by atoms with E-state index in [4.69, 9.17) is 9.15 Å². The maximum Gasteiger partial charge on any atom is 0.289 e. The molecule has 0 N–H and O–H groups in total. The SMILES string of the molecule is Cc1c(C(=O)N2CC3(CCOC3)C2)oc2ccccc12. The second-order valence-corrected chi connectivity index (χ2v) is 6.02. The van der Waals surface area contributed by atoms with Crippen molar-refractivity contribution >= 4 is 16.9 Å². The molecule has 1 amide bonds. The highest BCUT2D eigenvalue weighted by molar-refractivity contribution is 5.99. The lowest BCUT2D eigenvalue weighted by atomic mass is 9.79. The highest BCUT2D eigenvalue weighted by atomic mass is 16.5. The summed E-state index contributed by atoms with van der Waals surface area (Å²) in [6.45, 7) is 5.15. The van der Waals surface area contributed by atoms with Gasteiger partial charge in [0.1, 0.15) is 5.58 Å². The van der Waals surface area contributed by atoms with Crippen LogP contribution in [0.4, 0.5) is 0 Å². The lowest BCUT2D eigenvalue weighted by Gasteiger charge is -2.46. The molecule has 2 aromatic rings. The highest BCUT2D eigenvalue weighted by Crippen LogP contribution is 2.39. The Morgan fingerprint density at radius 3 is 2.80 bits per heavy atom. The van der Waals surface area contributed by atoms with Gasteiger partial charge in [-0.1, -0.05) is 18.2 Å². The number of carbonyl (C=O) groups is 1. The minimum atomic E-state index is 0.0104. The van der Waals surface area contributed by atoms with Gasteiger partial charge in [0, 0.05) is 36.1 Å². The third-order valence-corrected chi connectivity index (χ3v) is 4.56. The van der Waals surface area contributed by atoms with Crippen molar-refractivity contribution < 1.29 is 13.9 Å². The second-order valence-electron chi connectivity index (χ2n) is 6.02. The van der Waals surface area contributed by atoms with Crippen LogP contribution >= 0.6 is 0 Å². The number of nitrogens with zero attached hydrogens (tertiary/aromatic N) is 1. The van der Waals surface area contributed by atoms with E-state index >= 15 is 0 Å². The van der Waals surface area contributed by atoms with Crippen molar-refractivity contribution in [3.63, 3.8) is 0 Å². The van der Waals surface area contributed by atoms with Crippen LogP contribution in [0.3, 0.4) is 0 Å². The number of carbonyl (C=O) groups excluding carboxylic acids is 1. The van der Waals surface area contributed by atoms with Gasteiger partial charge in [-0.15, -0.1) is 0 Å². The Kier molecular flexibility index (Phi) is 2.45. The van der Waals surface area contributed by atoms with Crippen molar-refractivity contribution in [2.24, 2.45) is 5.41 Å². The van der Waals surface area contributed by atoms with E-state index in [2.05, 4.69) is 0 Å². The maximum atomic E-state index is 12.5. The van der Waals surface area contributed by atoms with Gasteiger partial charge in [0.2, 0.25) is 0 Å². The average molecular weight is 271 g/mol. The minimum Gasteiger partial charge on any atom is -0.451 e. The summed E-state index contributed by atoms with van der Waals surface area (Å²) < 4.78 is 11.2. The molecule has 0 bridgehead atoms. The van der Waals surface area contributed by atoms with Crippen LogP contribution < -0.4 is 0 Å². The van der Waals surface area contributed by atoms with Gasteiger partial charge in [-0.3, -0.25) is 4.79 Å². The van der Waals surface area contributed by atoms with Gasteiger partial charge in [0.05, 0.1) is 6.61 Å². The lowest BCUT2D eigenvalue weighted by molar-refractivity contribution is -0.00161. The monoisotopic (exact) mass is 271 g/mol. The molecule has 4 rings (SSSR count). The molecule has 1 aromatic carbocycles. The fourth-order valence-electron chi connectivity index (χ4n) is 3.33.